The zero-order chi connectivity index (χ0) is 17.2. The summed E-state index contributed by atoms with van der Waals surface area (Å²) in [5, 5.41) is 15.5. The van der Waals surface area contributed by atoms with Gasteiger partial charge in [0, 0.05) is 44.7 Å². The summed E-state index contributed by atoms with van der Waals surface area (Å²) in [6.45, 7) is 5.58. The fraction of sp³-hybridized carbons (Fsp3) is 0.529. The first-order chi connectivity index (χ1) is 12.2. The molecule has 1 saturated heterocycles. The molecule has 0 spiro atoms. The van der Waals surface area contributed by atoms with Crippen molar-refractivity contribution in [1.29, 1.82) is 0 Å². The van der Waals surface area contributed by atoms with Gasteiger partial charge in [0.25, 0.3) is 5.91 Å². The van der Waals surface area contributed by atoms with Crippen molar-refractivity contribution in [2.45, 2.75) is 25.7 Å². The van der Waals surface area contributed by atoms with Gasteiger partial charge in [-0.05, 0) is 31.9 Å². The van der Waals surface area contributed by atoms with Gasteiger partial charge in [0.05, 0.1) is 0 Å². The van der Waals surface area contributed by atoms with Crippen LogP contribution >= 0.6 is 0 Å². The molecule has 0 atom stereocenters. The lowest BCUT2D eigenvalue weighted by Gasteiger charge is -2.34. The van der Waals surface area contributed by atoms with Crippen molar-refractivity contribution in [3.05, 3.63) is 29.7 Å². The monoisotopic (exact) mass is 342 g/mol. The molecule has 25 heavy (non-hydrogen) atoms. The third-order valence-corrected chi connectivity index (χ3v) is 4.63. The number of amides is 1. The van der Waals surface area contributed by atoms with Crippen molar-refractivity contribution in [1.82, 2.24) is 20.3 Å². The highest BCUT2D eigenvalue weighted by Gasteiger charge is 2.30. The highest BCUT2D eigenvalue weighted by molar-refractivity contribution is 5.92. The number of carbonyl (C=O) groups excluding carboxylic acids is 1. The summed E-state index contributed by atoms with van der Waals surface area (Å²) in [4.78, 5) is 16.5. The molecule has 4 rings (SSSR count). The lowest BCUT2D eigenvalue weighted by molar-refractivity contribution is 0.0736. The molecule has 3 heterocycles. The average molecular weight is 342 g/mol. The Morgan fingerprint density at radius 3 is 2.68 bits per heavy atom. The van der Waals surface area contributed by atoms with Gasteiger partial charge >= 0.3 is 0 Å². The van der Waals surface area contributed by atoms with Crippen molar-refractivity contribution in [3.63, 3.8) is 0 Å². The normalized spacial score (nSPS) is 17.6. The predicted octanol–water partition coefficient (Wildman–Crippen LogP) is 1.74. The van der Waals surface area contributed by atoms with Crippen LogP contribution in [0.15, 0.2) is 22.7 Å². The Morgan fingerprint density at radius 1 is 1.24 bits per heavy atom. The van der Waals surface area contributed by atoms with Crippen LogP contribution < -0.4 is 10.2 Å². The summed E-state index contributed by atoms with van der Waals surface area (Å²) in [6, 6.07) is 5.69. The molecule has 1 saturated carbocycles. The number of piperazine rings is 1. The third kappa shape index (κ3) is 3.42. The minimum absolute atomic E-state index is 0.0520. The molecule has 1 aliphatic carbocycles. The molecule has 2 aromatic rings. The molecule has 8 nitrogen and oxygen atoms in total. The first-order valence-electron chi connectivity index (χ1n) is 8.83. The molecule has 1 amide bonds. The standard InChI is InChI=1S/C17H22N6O2/c1-2-18-15-5-6-16(20-19-15)22-7-9-23(10-8-22)17(24)13-11-14(25-21-13)12-3-4-12/h5-6,11-12H,2-4,7-10H2,1H3,(H,18,19). The van der Waals surface area contributed by atoms with E-state index in [1.165, 1.54) is 0 Å². The van der Waals surface area contributed by atoms with Gasteiger partial charge in [-0.2, -0.15) is 0 Å². The number of nitrogens with zero attached hydrogens (tertiary/aromatic N) is 5. The van der Waals surface area contributed by atoms with Crippen LogP contribution in [0, 0.1) is 0 Å². The van der Waals surface area contributed by atoms with Gasteiger partial charge in [0.15, 0.2) is 11.5 Å². The van der Waals surface area contributed by atoms with E-state index in [-0.39, 0.29) is 5.91 Å². The van der Waals surface area contributed by atoms with Gasteiger partial charge < -0.3 is 19.6 Å². The fourth-order valence-corrected chi connectivity index (χ4v) is 3.02. The summed E-state index contributed by atoms with van der Waals surface area (Å²) in [5.74, 6) is 2.88. The summed E-state index contributed by atoms with van der Waals surface area (Å²) in [6.07, 6.45) is 2.27. The third-order valence-electron chi connectivity index (χ3n) is 4.63. The first kappa shape index (κ1) is 15.9. The smallest absolute Gasteiger partial charge is 0.276 e. The molecule has 2 aliphatic rings. The topological polar surface area (TPSA) is 87.4 Å². The Hall–Kier alpha value is -2.64. The number of anilines is 2. The minimum atomic E-state index is -0.0520. The second kappa shape index (κ2) is 6.70. The maximum absolute atomic E-state index is 12.6. The Balaban J connectivity index is 1.34. The summed E-state index contributed by atoms with van der Waals surface area (Å²) in [5.41, 5.74) is 0.421. The fourth-order valence-electron chi connectivity index (χ4n) is 3.02. The van der Waals surface area contributed by atoms with E-state index < -0.39 is 0 Å². The Bertz CT molecular complexity index is 732. The molecule has 0 bridgehead atoms. The van der Waals surface area contributed by atoms with Crippen molar-refractivity contribution >= 4 is 17.5 Å². The largest absolute Gasteiger partial charge is 0.369 e. The van der Waals surface area contributed by atoms with Crippen LogP contribution in [0.2, 0.25) is 0 Å². The first-order valence-corrected chi connectivity index (χ1v) is 8.83. The number of hydrogen-bond acceptors (Lipinski definition) is 7. The SMILES string of the molecule is CCNc1ccc(N2CCN(C(=O)c3cc(C4CC4)on3)CC2)nn1. The number of nitrogens with one attached hydrogen (secondary N) is 1. The van der Waals surface area contributed by atoms with Crippen LogP contribution in [0.1, 0.15) is 41.9 Å². The van der Waals surface area contributed by atoms with Crippen LogP contribution in [0.25, 0.3) is 0 Å². The molecule has 2 fully saturated rings. The van der Waals surface area contributed by atoms with Gasteiger partial charge in [0.2, 0.25) is 0 Å². The molecular weight excluding hydrogens is 320 g/mol. The predicted molar refractivity (Wildman–Crippen MR) is 92.8 cm³/mol. The van der Waals surface area contributed by atoms with Crippen molar-refractivity contribution in [2.24, 2.45) is 0 Å². The van der Waals surface area contributed by atoms with Gasteiger partial charge in [-0.15, -0.1) is 10.2 Å². The van der Waals surface area contributed by atoms with Gasteiger partial charge in [-0.25, -0.2) is 0 Å². The van der Waals surface area contributed by atoms with Gasteiger partial charge in [0.1, 0.15) is 11.6 Å². The molecule has 1 N–H and O–H groups in total. The van der Waals surface area contributed by atoms with E-state index >= 15 is 0 Å². The van der Waals surface area contributed by atoms with Gasteiger partial charge in [-0.3, -0.25) is 4.79 Å². The molecule has 132 valence electrons. The van der Waals surface area contributed by atoms with E-state index in [1.807, 2.05) is 24.0 Å². The van der Waals surface area contributed by atoms with Crippen molar-refractivity contribution in [2.75, 3.05) is 42.9 Å². The minimum Gasteiger partial charge on any atom is -0.369 e. The molecule has 0 radical (unpaired) electrons. The molecule has 2 aromatic heterocycles. The molecule has 1 aliphatic heterocycles. The zero-order valence-corrected chi connectivity index (χ0v) is 14.3. The molecule has 8 heteroatoms. The van der Waals surface area contributed by atoms with E-state index in [1.54, 1.807) is 6.07 Å². The van der Waals surface area contributed by atoms with E-state index in [9.17, 15) is 4.79 Å². The lowest BCUT2D eigenvalue weighted by Crippen LogP contribution is -2.49. The highest BCUT2D eigenvalue weighted by atomic mass is 16.5. The summed E-state index contributed by atoms with van der Waals surface area (Å²) < 4.78 is 5.29. The van der Waals surface area contributed by atoms with Crippen molar-refractivity contribution < 1.29 is 9.32 Å². The molecule has 0 aromatic carbocycles. The number of rotatable bonds is 5. The second-order valence-corrected chi connectivity index (χ2v) is 6.48. The van der Waals surface area contributed by atoms with Gasteiger partial charge in [-0.1, -0.05) is 5.16 Å². The maximum atomic E-state index is 12.6. The van der Waals surface area contributed by atoms with Crippen LogP contribution in [0.4, 0.5) is 11.6 Å². The maximum Gasteiger partial charge on any atom is 0.276 e. The summed E-state index contributed by atoms with van der Waals surface area (Å²) >= 11 is 0. The number of aromatic nitrogens is 3. The van der Waals surface area contributed by atoms with E-state index in [0.29, 0.717) is 24.7 Å². The Labute approximate surface area is 146 Å². The Morgan fingerprint density at radius 2 is 2.04 bits per heavy atom. The van der Waals surface area contributed by atoms with E-state index in [2.05, 4.69) is 25.6 Å². The lowest BCUT2D eigenvalue weighted by atomic mass is 10.2. The van der Waals surface area contributed by atoms with Crippen LogP contribution in [0.3, 0.4) is 0 Å². The summed E-state index contributed by atoms with van der Waals surface area (Å²) in [7, 11) is 0. The zero-order valence-electron chi connectivity index (χ0n) is 14.3. The van der Waals surface area contributed by atoms with Crippen LogP contribution in [0.5, 0.6) is 0 Å². The quantitative estimate of drug-likeness (QED) is 0.885. The highest BCUT2D eigenvalue weighted by Crippen LogP contribution is 2.40. The number of hydrogen-bond donors (Lipinski definition) is 1. The van der Waals surface area contributed by atoms with Crippen molar-refractivity contribution in [3.8, 4) is 0 Å². The van der Waals surface area contributed by atoms with Crippen LogP contribution in [-0.2, 0) is 0 Å². The van der Waals surface area contributed by atoms with E-state index in [0.717, 1.165) is 49.9 Å². The second-order valence-electron chi connectivity index (χ2n) is 6.48. The average Bonchev–Trinajstić information content (AvgIpc) is 3.39. The molecule has 0 unspecified atom stereocenters. The Kier molecular flexibility index (Phi) is 4.25. The van der Waals surface area contributed by atoms with Crippen LogP contribution in [-0.4, -0.2) is 58.9 Å². The number of carbonyl (C=O) groups is 1. The van der Waals surface area contributed by atoms with E-state index in [4.69, 9.17) is 4.52 Å². The molecular formula is C17H22N6O2.